The number of fused-ring (bicyclic) bond motifs is 1. The van der Waals surface area contributed by atoms with Gasteiger partial charge in [0.2, 0.25) is 0 Å². The quantitative estimate of drug-likeness (QED) is 0.716. The Kier molecular flexibility index (Phi) is 2.03. The fourth-order valence-electron chi connectivity index (χ4n) is 1.49. The third kappa shape index (κ3) is 1.71. The van der Waals surface area contributed by atoms with E-state index in [0.29, 0.717) is 0 Å². The number of hydrogen-bond acceptors (Lipinski definition) is 3. The van der Waals surface area contributed by atoms with Crippen molar-refractivity contribution in [1.82, 2.24) is 19.9 Å². The molecular formula is C11H16N4. The smallest absolute Gasteiger partial charge is 0.181 e. The van der Waals surface area contributed by atoms with E-state index in [4.69, 9.17) is 0 Å². The third-order valence-corrected chi connectivity index (χ3v) is 2.32. The standard InChI is InChI=1S/C11H16N4/c1-6-8-9(14-7(2)13-8)15-10(12-6)11(3,4)5/h1-5H3,(H,12,13,14,15). The lowest BCUT2D eigenvalue weighted by molar-refractivity contribution is 0.546. The molecule has 0 atom stereocenters. The van der Waals surface area contributed by atoms with Crippen molar-refractivity contribution < 1.29 is 0 Å². The number of H-pyrrole nitrogens is 1. The summed E-state index contributed by atoms with van der Waals surface area (Å²) in [5.41, 5.74) is 2.64. The summed E-state index contributed by atoms with van der Waals surface area (Å²) in [6.45, 7) is 10.2. The lowest BCUT2D eigenvalue weighted by Crippen LogP contribution is -2.16. The zero-order valence-electron chi connectivity index (χ0n) is 9.84. The van der Waals surface area contributed by atoms with Gasteiger partial charge in [-0.05, 0) is 13.8 Å². The maximum atomic E-state index is 4.50. The minimum atomic E-state index is -0.0359. The van der Waals surface area contributed by atoms with Crippen molar-refractivity contribution >= 4 is 11.2 Å². The maximum Gasteiger partial charge on any atom is 0.181 e. The fourth-order valence-corrected chi connectivity index (χ4v) is 1.49. The first-order chi connectivity index (χ1) is 6.88. The van der Waals surface area contributed by atoms with Crippen LogP contribution in [0.25, 0.3) is 11.2 Å². The van der Waals surface area contributed by atoms with Crippen molar-refractivity contribution in [3.05, 3.63) is 17.3 Å². The molecule has 0 fully saturated rings. The van der Waals surface area contributed by atoms with E-state index in [1.807, 2.05) is 13.8 Å². The average Bonchev–Trinajstić information content (AvgIpc) is 2.44. The van der Waals surface area contributed by atoms with Gasteiger partial charge in [0.15, 0.2) is 5.65 Å². The number of imidazole rings is 1. The van der Waals surface area contributed by atoms with Crippen LogP contribution in [-0.4, -0.2) is 19.9 Å². The van der Waals surface area contributed by atoms with Gasteiger partial charge in [0.1, 0.15) is 17.2 Å². The van der Waals surface area contributed by atoms with Gasteiger partial charge in [0, 0.05) is 5.41 Å². The number of hydrogen-bond donors (Lipinski definition) is 1. The second-order valence-corrected chi connectivity index (χ2v) is 4.90. The van der Waals surface area contributed by atoms with Crippen LogP contribution in [0.1, 0.15) is 38.1 Å². The van der Waals surface area contributed by atoms with E-state index in [1.165, 1.54) is 0 Å². The lowest BCUT2D eigenvalue weighted by Gasteiger charge is -2.16. The fraction of sp³-hybridized carbons (Fsp3) is 0.545. The van der Waals surface area contributed by atoms with Crippen molar-refractivity contribution in [2.45, 2.75) is 40.0 Å². The van der Waals surface area contributed by atoms with Gasteiger partial charge in [-0.3, -0.25) is 0 Å². The molecule has 2 aromatic rings. The maximum absolute atomic E-state index is 4.50. The summed E-state index contributed by atoms with van der Waals surface area (Å²) in [6, 6.07) is 0. The zero-order valence-corrected chi connectivity index (χ0v) is 9.84. The van der Waals surface area contributed by atoms with Crippen LogP contribution in [0.15, 0.2) is 0 Å². The van der Waals surface area contributed by atoms with Crippen molar-refractivity contribution in [2.75, 3.05) is 0 Å². The number of nitrogens with one attached hydrogen (secondary N) is 1. The Hall–Kier alpha value is -1.45. The van der Waals surface area contributed by atoms with Crippen molar-refractivity contribution in [3.63, 3.8) is 0 Å². The predicted octanol–water partition coefficient (Wildman–Crippen LogP) is 2.27. The molecule has 0 aromatic carbocycles. The second kappa shape index (κ2) is 3.02. The van der Waals surface area contributed by atoms with Crippen LogP contribution in [0.5, 0.6) is 0 Å². The van der Waals surface area contributed by atoms with Crippen LogP contribution in [0.2, 0.25) is 0 Å². The van der Waals surface area contributed by atoms with Gasteiger partial charge in [-0.25, -0.2) is 15.0 Å². The molecule has 2 rings (SSSR count). The van der Waals surface area contributed by atoms with Gasteiger partial charge in [-0.2, -0.15) is 0 Å². The topological polar surface area (TPSA) is 54.5 Å². The molecule has 0 bridgehead atoms. The van der Waals surface area contributed by atoms with E-state index >= 15 is 0 Å². The van der Waals surface area contributed by atoms with Crippen LogP contribution in [-0.2, 0) is 5.41 Å². The minimum absolute atomic E-state index is 0.0359. The molecule has 0 spiro atoms. The number of aryl methyl sites for hydroxylation is 2. The molecule has 4 nitrogen and oxygen atoms in total. The molecule has 0 amide bonds. The van der Waals surface area contributed by atoms with Crippen LogP contribution in [0.4, 0.5) is 0 Å². The molecule has 4 heteroatoms. The first-order valence-corrected chi connectivity index (χ1v) is 5.09. The molecule has 0 aliphatic rings. The van der Waals surface area contributed by atoms with Gasteiger partial charge in [0.05, 0.1) is 5.69 Å². The van der Waals surface area contributed by atoms with Crippen LogP contribution >= 0.6 is 0 Å². The SMILES string of the molecule is Cc1nc2nc(C(C)(C)C)nc(C)c2[nH]1. The summed E-state index contributed by atoms with van der Waals surface area (Å²) in [4.78, 5) is 16.5. The highest BCUT2D eigenvalue weighted by Gasteiger charge is 2.19. The second-order valence-electron chi connectivity index (χ2n) is 4.90. The van der Waals surface area contributed by atoms with Crippen LogP contribution in [0, 0.1) is 13.8 Å². The van der Waals surface area contributed by atoms with E-state index in [0.717, 1.165) is 28.5 Å². The highest BCUT2D eigenvalue weighted by molar-refractivity contribution is 5.73. The molecule has 80 valence electrons. The Balaban J connectivity index is 2.72. The molecule has 2 heterocycles. The molecule has 0 aliphatic carbocycles. The first-order valence-electron chi connectivity index (χ1n) is 5.09. The molecule has 0 saturated heterocycles. The zero-order chi connectivity index (χ0) is 11.2. The van der Waals surface area contributed by atoms with E-state index < -0.39 is 0 Å². The molecule has 2 aromatic heterocycles. The van der Waals surface area contributed by atoms with E-state index in [9.17, 15) is 0 Å². The van der Waals surface area contributed by atoms with Gasteiger partial charge in [-0.1, -0.05) is 20.8 Å². The molecule has 0 radical (unpaired) electrons. The largest absolute Gasteiger partial charge is 0.339 e. The van der Waals surface area contributed by atoms with E-state index in [2.05, 4.69) is 40.7 Å². The van der Waals surface area contributed by atoms with Gasteiger partial charge < -0.3 is 4.98 Å². The average molecular weight is 204 g/mol. The predicted molar refractivity (Wildman–Crippen MR) is 59.9 cm³/mol. The van der Waals surface area contributed by atoms with Crippen molar-refractivity contribution in [2.24, 2.45) is 0 Å². The lowest BCUT2D eigenvalue weighted by atomic mass is 9.95. The van der Waals surface area contributed by atoms with E-state index in [1.54, 1.807) is 0 Å². The summed E-state index contributed by atoms with van der Waals surface area (Å²) >= 11 is 0. The molecule has 1 N–H and O–H groups in total. The Morgan fingerprint density at radius 3 is 2.27 bits per heavy atom. The van der Waals surface area contributed by atoms with Crippen LogP contribution < -0.4 is 0 Å². The third-order valence-electron chi connectivity index (χ3n) is 2.32. The normalized spacial score (nSPS) is 12.3. The van der Waals surface area contributed by atoms with Gasteiger partial charge >= 0.3 is 0 Å². The van der Waals surface area contributed by atoms with Gasteiger partial charge in [0.25, 0.3) is 0 Å². The molecule has 0 aliphatic heterocycles. The Morgan fingerprint density at radius 1 is 1.00 bits per heavy atom. The van der Waals surface area contributed by atoms with Crippen molar-refractivity contribution in [3.8, 4) is 0 Å². The van der Waals surface area contributed by atoms with E-state index in [-0.39, 0.29) is 5.41 Å². The number of aromatic amines is 1. The molecular weight excluding hydrogens is 188 g/mol. The highest BCUT2D eigenvalue weighted by atomic mass is 15.0. The molecule has 0 unspecified atom stereocenters. The minimum Gasteiger partial charge on any atom is -0.339 e. The van der Waals surface area contributed by atoms with Crippen molar-refractivity contribution in [1.29, 1.82) is 0 Å². The summed E-state index contributed by atoms with van der Waals surface area (Å²) in [6.07, 6.45) is 0. The first kappa shape index (κ1) is 10.1. The number of aromatic nitrogens is 4. The number of nitrogens with zero attached hydrogens (tertiary/aromatic N) is 3. The Morgan fingerprint density at radius 2 is 1.67 bits per heavy atom. The highest BCUT2D eigenvalue weighted by Crippen LogP contribution is 2.21. The monoisotopic (exact) mass is 204 g/mol. The Labute approximate surface area is 89.2 Å². The summed E-state index contributed by atoms with van der Waals surface area (Å²) in [5, 5.41) is 0. The summed E-state index contributed by atoms with van der Waals surface area (Å²) in [7, 11) is 0. The Bertz CT molecular complexity index is 505. The van der Waals surface area contributed by atoms with Crippen LogP contribution in [0.3, 0.4) is 0 Å². The molecule has 15 heavy (non-hydrogen) atoms. The summed E-state index contributed by atoms with van der Waals surface area (Å²) in [5.74, 6) is 1.73. The summed E-state index contributed by atoms with van der Waals surface area (Å²) < 4.78 is 0. The van der Waals surface area contributed by atoms with Gasteiger partial charge in [-0.15, -0.1) is 0 Å². The molecule has 0 saturated carbocycles. The number of rotatable bonds is 0.